The van der Waals surface area contributed by atoms with Gasteiger partial charge in [-0.3, -0.25) is 4.79 Å². The Bertz CT molecular complexity index is 929. The fourth-order valence-electron chi connectivity index (χ4n) is 2.90. The highest BCUT2D eigenvalue weighted by Gasteiger charge is 2.22. The molecule has 1 aromatic heterocycles. The zero-order valence-electron chi connectivity index (χ0n) is 14.8. The maximum atomic E-state index is 13.1. The number of methoxy groups -OCH3 is 1. The van der Waals surface area contributed by atoms with E-state index in [1.165, 1.54) is 0 Å². The van der Waals surface area contributed by atoms with Crippen LogP contribution in [0.1, 0.15) is 36.8 Å². The second-order valence-corrected chi connectivity index (χ2v) is 6.57. The Labute approximate surface area is 147 Å². The maximum Gasteiger partial charge on any atom is 0.196 e. The van der Waals surface area contributed by atoms with Gasteiger partial charge in [-0.1, -0.05) is 44.2 Å². The van der Waals surface area contributed by atoms with E-state index < -0.39 is 0 Å². The molecule has 1 unspecified atom stereocenters. The Morgan fingerprint density at radius 3 is 2.48 bits per heavy atom. The van der Waals surface area contributed by atoms with Gasteiger partial charge in [-0.15, -0.1) is 0 Å². The number of hydrogen-bond acceptors (Lipinski definition) is 4. The van der Waals surface area contributed by atoms with Crippen molar-refractivity contribution in [2.24, 2.45) is 11.7 Å². The molecule has 4 nitrogen and oxygen atoms in total. The molecule has 0 spiro atoms. The SMILES string of the molecule is COc1ccc2c(=O)c(Cc3ccccc3)c(C(N)C(C)C)oc2c1. The van der Waals surface area contributed by atoms with E-state index >= 15 is 0 Å². The van der Waals surface area contributed by atoms with Crippen LogP contribution in [0.5, 0.6) is 5.75 Å². The molecule has 0 saturated carbocycles. The van der Waals surface area contributed by atoms with Crippen molar-refractivity contribution in [2.75, 3.05) is 7.11 Å². The molecule has 3 aromatic rings. The lowest BCUT2D eigenvalue weighted by molar-refractivity contribution is 0.400. The number of ether oxygens (including phenoxy) is 1. The Kier molecular flexibility index (Phi) is 4.91. The van der Waals surface area contributed by atoms with E-state index in [9.17, 15) is 4.79 Å². The van der Waals surface area contributed by atoms with Crippen molar-refractivity contribution in [3.05, 3.63) is 75.6 Å². The molecule has 4 heteroatoms. The van der Waals surface area contributed by atoms with Gasteiger partial charge < -0.3 is 14.9 Å². The molecule has 1 atom stereocenters. The van der Waals surface area contributed by atoms with Gasteiger partial charge in [0, 0.05) is 18.1 Å². The van der Waals surface area contributed by atoms with Gasteiger partial charge in [0.15, 0.2) is 5.43 Å². The lowest BCUT2D eigenvalue weighted by Gasteiger charge is -2.19. The van der Waals surface area contributed by atoms with Gasteiger partial charge in [0.2, 0.25) is 0 Å². The average molecular weight is 337 g/mol. The second-order valence-electron chi connectivity index (χ2n) is 6.57. The minimum Gasteiger partial charge on any atom is -0.497 e. The van der Waals surface area contributed by atoms with Crippen molar-refractivity contribution in [3.63, 3.8) is 0 Å². The first-order valence-electron chi connectivity index (χ1n) is 8.44. The number of fused-ring (bicyclic) bond motifs is 1. The summed E-state index contributed by atoms with van der Waals surface area (Å²) >= 11 is 0. The van der Waals surface area contributed by atoms with Crippen LogP contribution in [0.2, 0.25) is 0 Å². The van der Waals surface area contributed by atoms with Gasteiger partial charge in [-0.05, 0) is 23.6 Å². The van der Waals surface area contributed by atoms with Crippen LogP contribution in [-0.4, -0.2) is 7.11 Å². The first-order valence-corrected chi connectivity index (χ1v) is 8.44. The van der Waals surface area contributed by atoms with E-state index in [2.05, 4.69) is 0 Å². The number of hydrogen-bond donors (Lipinski definition) is 1. The third kappa shape index (κ3) is 3.44. The standard InChI is InChI=1S/C21H23NO3/c1-13(2)19(22)21-17(11-14-7-5-4-6-8-14)20(23)16-10-9-15(24-3)12-18(16)25-21/h4-10,12-13,19H,11,22H2,1-3H3. The maximum absolute atomic E-state index is 13.1. The molecule has 1 heterocycles. The van der Waals surface area contributed by atoms with Gasteiger partial charge in [-0.2, -0.15) is 0 Å². The molecular weight excluding hydrogens is 314 g/mol. The molecule has 0 aliphatic rings. The van der Waals surface area contributed by atoms with E-state index in [4.69, 9.17) is 14.9 Å². The largest absolute Gasteiger partial charge is 0.497 e. The first-order chi connectivity index (χ1) is 12.0. The summed E-state index contributed by atoms with van der Waals surface area (Å²) in [7, 11) is 1.59. The molecule has 2 aromatic carbocycles. The quantitative estimate of drug-likeness (QED) is 0.763. The van der Waals surface area contributed by atoms with Gasteiger partial charge in [0.1, 0.15) is 17.1 Å². The minimum absolute atomic E-state index is 0.0288. The van der Waals surface area contributed by atoms with E-state index in [0.717, 1.165) is 5.56 Å². The van der Waals surface area contributed by atoms with Crippen molar-refractivity contribution in [2.45, 2.75) is 26.3 Å². The van der Waals surface area contributed by atoms with Crippen LogP contribution in [0.25, 0.3) is 11.0 Å². The molecule has 0 aliphatic carbocycles. The lowest BCUT2D eigenvalue weighted by Crippen LogP contribution is -2.23. The van der Waals surface area contributed by atoms with Crippen LogP contribution < -0.4 is 15.9 Å². The third-order valence-corrected chi connectivity index (χ3v) is 4.47. The summed E-state index contributed by atoms with van der Waals surface area (Å²) < 4.78 is 11.3. The van der Waals surface area contributed by atoms with Crippen molar-refractivity contribution < 1.29 is 9.15 Å². The predicted molar refractivity (Wildman–Crippen MR) is 100 cm³/mol. The van der Waals surface area contributed by atoms with Crippen molar-refractivity contribution in [3.8, 4) is 5.75 Å². The highest BCUT2D eigenvalue weighted by atomic mass is 16.5. The van der Waals surface area contributed by atoms with Gasteiger partial charge in [-0.25, -0.2) is 0 Å². The number of rotatable bonds is 5. The van der Waals surface area contributed by atoms with Gasteiger partial charge in [0.25, 0.3) is 0 Å². The fourth-order valence-corrected chi connectivity index (χ4v) is 2.90. The predicted octanol–water partition coefficient (Wildman–Crippen LogP) is 4.05. The van der Waals surface area contributed by atoms with Crippen LogP contribution in [0.15, 0.2) is 57.7 Å². The summed E-state index contributed by atoms with van der Waals surface area (Å²) in [6, 6.07) is 14.8. The van der Waals surface area contributed by atoms with Crippen LogP contribution in [0, 0.1) is 5.92 Å². The van der Waals surface area contributed by atoms with Crippen molar-refractivity contribution in [1.82, 2.24) is 0 Å². The molecule has 0 fully saturated rings. The highest BCUT2D eigenvalue weighted by Crippen LogP contribution is 2.28. The lowest BCUT2D eigenvalue weighted by atomic mass is 9.94. The Hall–Kier alpha value is -2.59. The highest BCUT2D eigenvalue weighted by molar-refractivity contribution is 5.79. The van der Waals surface area contributed by atoms with E-state index in [1.807, 2.05) is 44.2 Å². The van der Waals surface area contributed by atoms with Gasteiger partial charge in [0.05, 0.1) is 18.5 Å². The fraction of sp³-hybridized carbons (Fsp3) is 0.286. The summed E-state index contributed by atoms with van der Waals surface area (Å²) in [5.74, 6) is 1.36. The smallest absolute Gasteiger partial charge is 0.196 e. The number of nitrogens with two attached hydrogens (primary N) is 1. The average Bonchev–Trinajstić information content (AvgIpc) is 2.63. The molecule has 0 aliphatic heterocycles. The second kappa shape index (κ2) is 7.11. The van der Waals surface area contributed by atoms with Crippen LogP contribution in [0.3, 0.4) is 0 Å². The molecule has 3 rings (SSSR count). The molecule has 0 saturated heterocycles. The molecule has 0 amide bonds. The Morgan fingerprint density at radius 1 is 1.12 bits per heavy atom. The van der Waals surface area contributed by atoms with Crippen LogP contribution >= 0.6 is 0 Å². The molecule has 0 radical (unpaired) electrons. The summed E-state index contributed by atoms with van der Waals surface area (Å²) in [6.45, 7) is 4.04. The molecular formula is C21H23NO3. The van der Waals surface area contributed by atoms with Crippen LogP contribution in [-0.2, 0) is 6.42 Å². The van der Waals surface area contributed by atoms with E-state index in [0.29, 0.717) is 34.5 Å². The summed E-state index contributed by atoms with van der Waals surface area (Å²) in [6.07, 6.45) is 0.501. The summed E-state index contributed by atoms with van der Waals surface area (Å²) in [4.78, 5) is 13.1. The molecule has 25 heavy (non-hydrogen) atoms. The molecule has 2 N–H and O–H groups in total. The zero-order chi connectivity index (χ0) is 18.0. The van der Waals surface area contributed by atoms with E-state index in [1.54, 1.807) is 25.3 Å². The molecule has 0 bridgehead atoms. The minimum atomic E-state index is -0.345. The first kappa shape index (κ1) is 17.2. The molecule has 130 valence electrons. The third-order valence-electron chi connectivity index (χ3n) is 4.47. The monoisotopic (exact) mass is 337 g/mol. The van der Waals surface area contributed by atoms with Crippen molar-refractivity contribution >= 4 is 11.0 Å². The Balaban J connectivity index is 2.23. The van der Waals surface area contributed by atoms with Crippen molar-refractivity contribution in [1.29, 1.82) is 0 Å². The topological polar surface area (TPSA) is 65.5 Å². The normalized spacial score (nSPS) is 12.5. The summed E-state index contributed by atoms with van der Waals surface area (Å²) in [5.41, 5.74) is 8.52. The Morgan fingerprint density at radius 2 is 1.84 bits per heavy atom. The number of benzene rings is 2. The van der Waals surface area contributed by atoms with E-state index in [-0.39, 0.29) is 17.4 Å². The van der Waals surface area contributed by atoms with Crippen LogP contribution in [0.4, 0.5) is 0 Å². The summed E-state index contributed by atoms with van der Waals surface area (Å²) in [5, 5.41) is 0.548. The van der Waals surface area contributed by atoms with Gasteiger partial charge >= 0.3 is 0 Å². The zero-order valence-corrected chi connectivity index (χ0v) is 14.8.